The maximum atomic E-state index is 11.6. The predicted molar refractivity (Wildman–Crippen MR) is 68.5 cm³/mol. The molecule has 1 rings (SSSR count). The topological polar surface area (TPSA) is 67.4 Å². The zero-order chi connectivity index (χ0) is 12.7. The maximum absolute atomic E-state index is 11.6. The monoisotopic (exact) mass is 264 g/mol. The Morgan fingerprint density at radius 2 is 2.24 bits per heavy atom. The normalized spacial score (nSPS) is 21.2. The van der Waals surface area contributed by atoms with E-state index in [0.29, 0.717) is 12.5 Å². The van der Waals surface area contributed by atoms with Crippen LogP contribution in [0.1, 0.15) is 26.7 Å². The van der Waals surface area contributed by atoms with E-state index in [2.05, 4.69) is 10.0 Å². The highest BCUT2D eigenvalue weighted by Crippen LogP contribution is 2.10. The average molecular weight is 264 g/mol. The van der Waals surface area contributed by atoms with Crippen molar-refractivity contribution < 1.29 is 13.2 Å². The van der Waals surface area contributed by atoms with Crippen molar-refractivity contribution in [1.82, 2.24) is 10.0 Å². The zero-order valence-corrected chi connectivity index (χ0v) is 11.6. The maximum Gasteiger partial charge on any atom is 0.213 e. The molecule has 0 aromatic rings. The van der Waals surface area contributed by atoms with Crippen molar-refractivity contribution in [1.29, 1.82) is 0 Å². The van der Waals surface area contributed by atoms with Gasteiger partial charge in [-0.25, -0.2) is 13.1 Å². The van der Waals surface area contributed by atoms with E-state index in [1.54, 1.807) is 0 Å². The molecule has 1 saturated heterocycles. The molecular formula is C11H24N2O3S. The molecule has 1 unspecified atom stereocenters. The summed E-state index contributed by atoms with van der Waals surface area (Å²) in [7, 11) is -3.16. The van der Waals surface area contributed by atoms with E-state index in [9.17, 15) is 8.42 Å². The van der Waals surface area contributed by atoms with E-state index in [4.69, 9.17) is 4.74 Å². The fraction of sp³-hybridized carbons (Fsp3) is 1.00. The molecule has 0 aromatic heterocycles. The Hall–Kier alpha value is -0.170. The molecule has 1 atom stereocenters. The van der Waals surface area contributed by atoms with Gasteiger partial charge in [0.25, 0.3) is 0 Å². The number of rotatable bonds is 8. The molecule has 0 bridgehead atoms. The van der Waals surface area contributed by atoms with E-state index in [0.717, 1.165) is 25.9 Å². The Labute approximate surface area is 104 Å². The van der Waals surface area contributed by atoms with Gasteiger partial charge in [-0.2, -0.15) is 0 Å². The zero-order valence-electron chi connectivity index (χ0n) is 10.7. The van der Waals surface area contributed by atoms with Crippen molar-refractivity contribution in [3.05, 3.63) is 0 Å². The molecule has 1 heterocycles. The van der Waals surface area contributed by atoms with Gasteiger partial charge in [-0.15, -0.1) is 0 Å². The highest BCUT2D eigenvalue weighted by atomic mass is 32.2. The molecule has 0 amide bonds. The third kappa shape index (κ3) is 6.98. The van der Waals surface area contributed by atoms with Crippen LogP contribution in [0.2, 0.25) is 0 Å². The predicted octanol–water partition coefficient (Wildman–Crippen LogP) is 0.330. The SMILES string of the molecule is CC(C)OCCS(=O)(=O)NCCC1CCNC1. The van der Waals surface area contributed by atoms with Crippen LogP contribution < -0.4 is 10.0 Å². The molecule has 0 saturated carbocycles. The molecule has 1 aliphatic heterocycles. The minimum atomic E-state index is -3.16. The van der Waals surface area contributed by atoms with Crippen LogP contribution in [0.15, 0.2) is 0 Å². The molecule has 17 heavy (non-hydrogen) atoms. The average Bonchev–Trinajstić information content (AvgIpc) is 2.69. The molecule has 6 heteroatoms. The highest BCUT2D eigenvalue weighted by Gasteiger charge is 2.16. The summed E-state index contributed by atoms with van der Waals surface area (Å²) in [6, 6.07) is 0. The van der Waals surface area contributed by atoms with Crippen molar-refractivity contribution >= 4 is 10.0 Å². The minimum absolute atomic E-state index is 0.0497. The lowest BCUT2D eigenvalue weighted by molar-refractivity contribution is 0.0911. The first-order valence-electron chi connectivity index (χ1n) is 6.29. The van der Waals surface area contributed by atoms with Crippen LogP contribution in [0.3, 0.4) is 0 Å². The van der Waals surface area contributed by atoms with Gasteiger partial charge in [-0.3, -0.25) is 0 Å². The summed E-state index contributed by atoms with van der Waals surface area (Å²) in [4.78, 5) is 0. The number of nitrogens with one attached hydrogen (secondary N) is 2. The standard InChI is InChI=1S/C11H24N2O3S/c1-10(2)16-7-8-17(14,15)13-6-4-11-3-5-12-9-11/h10-13H,3-9H2,1-2H3. The van der Waals surface area contributed by atoms with Gasteiger partial charge in [-0.1, -0.05) is 0 Å². The van der Waals surface area contributed by atoms with Gasteiger partial charge in [0.15, 0.2) is 0 Å². The van der Waals surface area contributed by atoms with Gasteiger partial charge >= 0.3 is 0 Å². The molecule has 0 spiro atoms. The van der Waals surface area contributed by atoms with Crippen molar-refractivity contribution in [2.45, 2.75) is 32.8 Å². The Morgan fingerprint density at radius 1 is 1.47 bits per heavy atom. The molecule has 1 fully saturated rings. The molecule has 1 aliphatic rings. The summed E-state index contributed by atoms with van der Waals surface area (Å²) >= 11 is 0. The minimum Gasteiger partial charge on any atom is -0.378 e. The summed E-state index contributed by atoms with van der Waals surface area (Å²) in [6.45, 7) is 6.66. The number of hydrogen-bond acceptors (Lipinski definition) is 4. The summed E-state index contributed by atoms with van der Waals surface area (Å²) < 4.78 is 31.0. The van der Waals surface area contributed by atoms with E-state index in [-0.39, 0.29) is 18.5 Å². The van der Waals surface area contributed by atoms with Gasteiger partial charge in [-0.05, 0) is 45.7 Å². The fourth-order valence-corrected chi connectivity index (χ4v) is 2.73. The number of hydrogen-bond donors (Lipinski definition) is 2. The van der Waals surface area contributed by atoms with Crippen LogP contribution in [-0.4, -0.2) is 46.5 Å². The molecule has 0 aromatic carbocycles. The molecule has 0 aliphatic carbocycles. The summed E-state index contributed by atoms with van der Waals surface area (Å²) in [6.07, 6.45) is 2.14. The molecular weight excluding hydrogens is 240 g/mol. The quantitative estimate of drug-likeness (QED) is 0.663. The van der Waals surface area contributed by atoms with Crippen LogP contribution in [0.25, 0.3) is 0 Å². The largest absolute Gasteiger partial charge is 0.378 e. The summed E-state index contributed by atoms with van der Waals surface area (Å²) in [5, 5.41) is 3.27. The summed E-state index contributed by atoms with van der Waals surface area (Å²) in [5.74, 6) is 0.665. The number of sulfonamides is 1. The first-order chi connectivity index (χ1) is 7.99. The van der Waals surface area contributed by atoms with E-state index in [1.807, 2.05) is 13.8 Å². The third-order valence-electron chi connectivity index (χ3n) is 2.84. The fourth-order valence-electron chi connectivity index (χ4n) is 1.85. The van der Waals surface area contributed by atoms with Crippen LogP contribution >= 0.6 is 0 Å². The van der Waals surface area contributed by atoms with E-state index in [1.165, 1.54) is 0 Å². The second-order valence-corrected chi connectivity index (χ2v) is 6.71. The molecule has 5 nitrogen and oxygen atoms in total. The van der Waals surface area contributed by atoms with Gasteiger partial charge in [0.1, 0.15) is 0 Å². The number of ether oxygens (including phenoxy) is 1. The van der Waals surface area contributed by atoms with E-state index < -0.39 is 10.0 Å². The van der Waals surface area contributed by atoms with Crippen molar-refractivity contribution in [2.75, 3.05) is 32.0 Å². The molecule has 102 valence electrons. The Bertz CT molecular complexity index is 298. The molecule has 0 radical (unpaired) electrons. The second kappa shape index (κ2) is 7.31. The van der Waals surface area contributed by atoms with Crippen molar-refractivity contribution in [2.24, 2.45) is 5.92 Å². The van der Waals surface area contributed by atoms with Gasteiger partial charge in [0, 0.05) is 6.54 Å². The highest BCUT2D eigenvalue weighted by molar-refractivity contribution is 7.89. The lowest BCUT2D eigenvalue weighted by Crippen LogP contribution is -2.30. The second-order valence-electron chi connectivity index (χ2n) is 4.78. The lowest BCUT2D eigenvalue weighted by atomic mass is 10.1. The van der Waals surface area contributed by atoms with Gasteiger partial charge in [0.05, 0.1) is 18.5 Å². The van der Waals surface area contributed by atoms with Gasteiger partial charge < -0.3 is 10.1 Å². The Morgan fingerprint density at radius 3 is 2.82 bits per heavy atom. The third-order valence-corrected chi connectivity index (χ3v) is 4.19. The van der Waals surface area contributed by atoms with Crippen LogP contribution in [0.5, 0.6) is 0 Å². The molecule has 2 N–H and O–H groups in total. The van der Waals surface area contributed by atoms with Crippen molar-refractivity contribution in [3.63, 3.8) is 0 Å². The van der Waals surface area contributed by atoms with Gasteiger partial charge in [0.2, 0.25) is 10.0 Å². The first kappa shape index (κ1) is 14.9. The van der Waals surface area contributed by atoms with E-state index >= 15 is 0 Å². The van der Waals surface area contributed by atoms with Crippen LogP contribution in [0, 0.1) is 5.92 Å². The first-order valence-corrected chi connectivity index (χ1v) is 7.94. The smallest absolute Gasteiger partial charge is 0.213 e. The van der Waals surface area contributed by atoms with Crippen molar-refractivity contribution in [3.8, 4) is 0 Å². The van der Waals surface area contributed by atoms with Crippen LogP contribution in [0.4, 0.5) is 0 Å². The van der Waals surface area contributed by atoms with Crippen LogP contribution in [-0.2, 0) is 14.8 Å². The Balaban J connectivity index is 2.11. The lowest BCUT2D eigenvalue weighted by Gasteiger charge is -2.11. The Kier molecular flexibility index (Phi) is 6.40. The summed E-state index contributed by atoms with van der Waals surface area (Å²) in [5.41, 5.74) is 0.